The summed E-state index contributed by atoms with van der Waals surface area (Å²) in [6.07, 6.45) is 0.946. The average Bonchev–Trinajstić information content (AvgIpc) is 2.81. The van der Waals surface area contributed by atoms with Gasteiger partial charge in [-0.25, -0.2) is 0 Å². The quantitative estimate of drug-likeness (QED) is 0.908. The minimum Gasteiger partial charge on any atom is -0.338 e. The van der Waals surface area contributed by atoms with Gasteiger partial charge in [0.15, 0.2) is 0 Å². The van der Waals surface area contributed by atoms with Crippen molar-refractivity contribution in [1.29, 1.82) is 0 Å². The van der Waals surface area contributed by atoms with E-state index in [0.717, 1.165) is 13.0 Å². The second kappa shape index (κ2) is 6.80. The maximum Gasteiger partial charge on any atom is 0.255 e. The lowest BCUT2D eigenvalue weighted by atomic mass is 10.0. The molecule has 0 radical (unpaired) electrons. The lowest BCUT2D eigenvalue weighted by Crippen LogP contribution is -2.33. The second-order valence-corrected chi connectivity index (χ2v) is 5.55. The molecule has 0 saturated carbocycles. The van der Waals surface area contributed by atoms with Crippen molar-refractivity contribution in [2.45, 2.75) is 19.4 Å². The highest BCUT2D eigenvalue weighted by molar-refractivity contribution is 6.43. The van der Waals surface area contributed by atoms with Gasteiger partial charge >= 0.3 is 0 Å². The Hall–Kier alpha value is -0.480. The minimum absolute atomic E-state index is 0. The van der Waals surface area contributed by atoms with Crippen LogP contribution < -0.4 is 5.73 Å². The standard InChI is InChI=1S/C13H16Cl2N2O.ClH/c1-8(16)9-5-6-17(7-9)13(18)10-3-2-4-11(14)12(10)15;/h2-4,8-9H,5-7,16H2,1H3;1H. The summed E-state index contributed by atoms with van der Waals surface area (Å²) in [6, 6.07) is 5.23. The smallest absolute Gasteiger partial charge is 0.255 e. The zero-order valence-corrected chi connectivity index (χ0v) is 12.9. The number of hydrogen-bond acceptors (Lipinski definition) is 2. The predicted molar refractivity (Wildman–Crippen MR) is 81.4 cm³/mol. The molecule has 19 heavy (non-hydrogen) atoms. The Bertz CT molecular complexity index is 465. The molecule has 2 rings (SSSR count). The number of carbonyl (C=O) groups excluding carboxylic acids is 1. The summed E-state index contributed by atoms with van der Waals surface area (Å²) in [5.74, 6) is 0.303. The summed E-state index contributed by atoms with van der Waals surface area (Å²) >= 11 is 12.0. The lowest BCUT2D eigenvalue weighted by Gasteiger charge is -2.19. The minimum atomic E-state index is -0.0642. The van der Waals surface area contributed by atoms with Crippen LogP contribution in [0.5, 0.6) is 0 Å². The van der Waals surface area contributed by atoms with Gasteiger partial charge in [-0.2, -0.15) is 0 Å². The van der Waals surface area contributed by atoms with Gasteiger partial charge in [0.25, 0.3) is 5.91 Å². The van der Waals surface area contributed by atoms with Crippen LogP contribution in [0.3, 0.4) is 0 Å². The van der Waals surface area contributed by atoms with Gasteiger partial charge in [-0.05, 0) is 31.4 Å². The molecule has 1 heterocycles. The Morgan fingerprint density at radius 3 is 2.74 bits per heavy atom. The highest BCUT2D eigenvalue weighted by atomic mass is 35.5. The molecular formula is C13H17Cl3N2O. The van der Waals surface area contributed by atoms with Crippen LogP contribution in [0.1, 0.15) is 23.7 Å². The number of amides is 1. The Kier molecular flexibility index (Phi) is 5.93. The molecule has 6 heteroatoms. The van der Waals surface area contributed by atoms with Gasteiger partial charge in [0.1, 0.15) is 0 Å². The molecule has 1 aromatic carbocycles. The molecule has 0 bridgehead atoms. The van der Waals surface area contributed by atoms with E-state index in [-0.39, 0.29) is 24.4 Å². The fourth-order valence-electron chi connectivity index (χ4n) is 2.24. The zero-order chi connectivity index (χ0) is 13.3. The molecule has 1 aliphatic rings. The van der Waals surface area contributed by atoms with E-state index in [4.69, 9.17) is 28.9 Å². The molecule has 106 valence electrons. The van der Waals surface area contributed by atoms with Gasteiger partial charge < -0.3 is 10.6 Å². The predicted octanol–water partition coefficient (Wildman–Crippen LogP) is 3.22. The van der Waals surface area contributed by atoms with Crippen LogP contribution in [-0.4, -0.2) is 29.9 Å². The van der Waals surface area contributed by atoms with Gasteiger partial charge in [-0.15, -0.1) is 12.4 Å². The topological polar surface area (TPSA) is 46.3 Å². The highest BCUT2D eigenvalue weighted by Gasteiger charge is 2.29. The van der Waals surface area contributed by atoms with Crippen molar-refractivity contribution >= 4 is 41.5 Å². The lowest BCUT2D eigenvalue weighted by molar-refractivity contribution is 0.0786. The van der Waals surface area contributed by atoms with Crippen molar-refractivity contribution in [1.82, 2.24) is 4.90 Å². The van der Waals surface area contributed by atoms with Crippen LogP contribution in [0, 0.1) is 5.92 Å². The maximum atomic E-state index is 12.3. The van der Waals surface area contributed by atoms with E-state index in [1.54, 1.807) is 23.1 Å². The summed E-state index contributed by atoms with van der Waals surface area (Å²) in [5.41, 5.74) is 6.33. The van der Waals surface area contributed by atoms with E-state index in [1.807, 2.05) is 6.92 Å². The van der Waals surface area contributed by atoms with E-state index in [0.29, 0.717) is 28.1 Å². The molecule has 2 atom stereocenters. The van der Waals surface area contributed by atoms with Crippen LogP contribution >= 0.6 is 35.6 Å². The van der Waals surface area contributed by atoms with Crippen molar-refractivity contribution in [3.05, 3.63) is 33.8 Å². The van der Waals surface area contributed by atoms with Crippen LogP contribution in [0.15, 0.2) is 18.2 Å². The van der Waals surface area contributed by atoms with Gasteiger partial charge in [0.2, 0.25) is 0 Å². The first-order valence-electron chi connectivity index (χ1n) is 5.99. The number of halogens is 3. The van der Waals surface area contributed by atoms with Gasteiger partial charge in [0.05, 0.1) is 15.6 Å². The molecule has 1 aromatic rings. The van der Waals surface area contributed by atoms with Crippen LogP contribution in [-0.2, 0) is 0 Å². The van der Waals surface area contributed by atoms with E-state index in [1.165, 1.54) is 0 Å². The molecule has 2 N–H and O–H groups in total. The van der Waals surface area contributed by atoms with Gasteiger partial charge in [-0.3, -0.25) is 4.79 Å². The molecule has 1 amide bonds. The fourth-order valence-corrected chi connectivity index (χ4v) is 2.62. The third kappa shape index (κ3) is 3.54. The molecule has 1 aliphatic heterocycles. The van der Waals surface area contributed by atoms with Crippen LogP contribution in [0.25, 0.3) is 0 Å². The van der Waals surface area contributed by atoms with Crippen molar-refractivity contribution < 1.29 is 4.79 Å². The molecule has 3 nitrogen and oxygen atoms in total. The Morgan fingerprint density at radius 1 is 1.47 bits per heavy atom. The van der Waals surface area contributed by atoms with Crippen molar-refractivity contribution in [3.63, 3.8) is 0 Å². The normalized spacial score (nSPS) is 20.0. The monoisotopic (exact) mass is 322 g/mol. The fraction of sp³-hybridized carbons (Fsp3) is 0.462. The highest BCUT2D eigenvalue weighted by Crippen LogP contribution is 2.28. The molecule has 0 spiro atoms. The van der Waals surface area contributed by atoms with Gasteiger partial charge in [0, 0.05) is 19.1 Å². The summed E-state index contributed by atoms with van der Waals surface area (Å²) in [5, 5.41) is 0.735. The third-order valence-electron chi connectivity index (χ3n) is 3.44. The van der Waals surface area contributed by atoms with E-state index in [2.05, 4.69) is 0 Å². The molecule has 1 fully saturated rings. The number of rotatable bonds is 2. The number of carbonyl (C=O) groups is 1. The Labute approximate surface area is 129 Å². The molecule has 0 aromatic heterocycles. The van der Waals surface area contributed by atoms with Crippen molar-refractivity contribution in [2.24, 2.45) is 11.7 Å². The maximum absolute atomic E-state index is 12.3. The van der Waals surface area contributed by atoms with E-state index in [9.17, 15) is 4.79 Å². The molecule has 1 saturated heterocycles. The average molecular weight is 324 g/mol. The third-order valence-corrected chi connectivity index (χ3v) is 4.26. The number of hydrogen-bond donors (Lipinski definition) is 1. The van der Waals surface area contributed by atoms with E-state index < -0.39 is 0 Å². The summed E-state index contributed by atoms with van der Waals surface area (Å²) < 4.78 is 0. The SMILES string of the molecule is CC(N)C1CCN(C(=O)c2cccc(Cl)c2Cl)C1.Cl. The molecular weight excluding hydrogens is 307 g/mol. The van der Waals surface area contributed by atoms with E-state index >= 15 is 0 Å². The summed E-state index contributed by atoms with van der Waals surface area (Å²) in [6.45, 7) is 3.40. The largest absolute Gasteiger partial charge is 0.338 e. The Balaban J connectivity index is 0.00000180. The first kappa shape index (κ1) is 16.6. The van der Waals surface area contributed by atoms with Crippen molar-refractivity contribution in [2.75, 3.05) is 13.1 Å². The first-order valence-corrected chi connectivity index (χ1v) is 6.75. The molecule has 0 aliphatic carbocycles. The summed E-state index contributed by atoms with van der Waals surface area (Å²) in [4.78, 5) is 14.1. The van der Waals surface area contributed by atoms with Crippen molar-refractivity contribution in [3.8, 4) is 0 Å². The first-order chi connectivity index (χ1) is 8.50. The Morgan fingerprint density at radius 2 is 2.16 bits per heavy atom. The number of benzene rings is 1. The number of likely N-dealkylation sites (tertiary alicyclic amines) is 1. The zero-order valence-electron chi connectivity index (χ0n) is 10.6. The molecule has 2 unspecified atom stereocenters. The van der Waals surface area contributed by atoms with Crippen LogP contribution in [0.4, 0.5) is 0 Å². The van der Waals surface area contributed by atoms with Crippen LogP contribution in [0.2, 0.25) is 10.0 Å². The number of nitrogens with zero attached hydrogens (tertiary/aromatic N) is 1. The number of nitrogens with two attached hydrogens (primary N) is 1. The van der Waals surface area contributed by atoms with Gasteiger partial charge in [-0.1, -0.05) is 29.3 Å². The summed E-state index contributed by atoms with van der Waals surface area (Å²) in [7, 11) is 0. The second-order valence-electron chi connectivity index (χ2n) is 4.76.